The third-order valence-corrected chi connectivity index (χ3v) is 6.70. The fraction of sp³-hybridized carbons (Fsp3) is 0.550. The molecule has 4 nitrogen and oxygen atoms in total. The monoisotopic (exact) mass is 360 g/mol. The van der Waals surface area contributed by atoms with Gasteiger partial charge in [-0.05, 0) is 66.0 Å². The van der Waals surface area contributed by atoms with E-state index in [1.807, 2.05) is 10.8 Å². The van der Waals surface area contributed by atoms with E-state index >= 15 is 0 Å². The van der Waals surface area contributed by atoms with Crippen LogP contribution in [0, 0.1) is 17.8 Å². The van der Waals surface area contributed by atoms with Crippen molar-refractivity contribution < 1.29 is 10.7 Å². The Morgan fingerprint density at radius 3 is 2.60 bits per heavy atom. The summed E-state index contributed by atoms with van der Waals surface area (Å²) in [7, 11) is 0. The van der Waals surface area contributed by atoms with Crippen LogP contribution in [0.1, 0.15) is 50.7 Å². The first kappa shape index (κ1) is 17.1. The van der Waals surface area contributed by atoms with Gasteiger partial charge in [0.2, 0.25) is 0 Å². The summed E-state index contributed by atoms with van der Waals surface area (Å²) in [5.74, 6) is 3.01. The normalized spacial score (nSPS) is 31.4. The van der Waals surface area contributed by atoms with Gasteiger partial charge >= 0.3 is 0 Å². The van der Waals surface area contributed by atoms with E-state index < -0.39 is 0 Å². The van der Waals surface area contributed by atoms with Crippen LogP contribution in [0.5, 0.6) is 0 Å². The fourth-order valence-electron chi connectivity index (χ4n) is 5.53. The molecule has 0 bridgehead atoms. The molecule has 2 aliphatic rings. The second kappa shape index (κ2) is 6.42. The maximum Gasteiger partial charge on any atom is 0.274 e. The standard InChI is InChI=1S/C20H26ClN3O/c1-13-5-17-6-14(2)9-20(17,8-13)16-4-3-15(18(21)7-16)10-24-11-19(23-25)22-12-24/h3-4,7,11-14,17,23,25H,5-6,8-10H2,1-2H3/p+1. The minimum Gasteiger partial charge on any atom is -0.327 e. The number of quaternary nitrogens is 1. The van der Waals surface area contributed by atoms with Crippen molar-refractivity contribution in [2.24, 2.45) is 17.8 Å². The van der Waals surface area contributed by atoms with Gasteiger partial charge in [-0.2, -0.15) is 10.5 Å². The highest BCUT2D eigenvalue weighted by molar-refractivity contribution is 6.31. The lowest BCUT2D eigenvalue weighted by atomic mass is 9.73. The molecule has 2 aromatic rings. The zero-order valence-electron chi connectivity index (χ0n) is 15.0. The smallest absolute Gasteiger partial charge is 0.274 e. The van der Waals surface area contributed by atoms with E-state index in [0.717, 1.165) is 33.8 Å². The first-order chi connectivity index (χ1) is 12.0. The molecule has 0 spiro atoms. The van der Waals surface area contributed by atoms with Gasteiger partial charge in [0.1, 0.15) is 6.33 Å². The zero-order valence-corrected chi connectivity index (χ0v) is 15.7. The van der Waals surface area contributed by atoms with E-state index in [9.17, 15) is 0 Å². The van der Waals surface area contributed by atoms with Crippen LogP contribution >= 0.6 is 11.6 Å². The van der Waals surface area contributed by atoms with E-state index in [-0.39, 0.29) is 0 Å². The Morgan fingerprint density at radius 1 is 1.28 bits per heavy atom. The minimum atomic E-state index is 0.342. The number of fused-ring (bicyclic) bond motifs is 1. The van der Waals surface area contributed by atoms with Crippen molar-refractivity contribution >= 4 is 17.4 Å². The predicted molar refractivity (Wildman–Crippen MR) is 98.1 cm³/mol. The van der Waals surface area contributed by atoms with Crippen LogP contribution in [0.3, 0.4) is 0 Å². The van der Waals surface area contributed by atoms with Gasteiger partial charge < -0.3 is 4.57 Å². The molecule has 2 atom stereocenters. The molecule has 2 unspecified atom stereocenters. The van der Waals surface area contributed by atoms with E-state index in [2.05, 4.69) is 37.0 Å². The topological polar surface area (TPSA) is 54.7 Å². The molecule has 3 N–H and O–H groups in total. The van der Waals surface area contributed by atoms with Crippen LogP contribution in [0.25, 0.3) is 0 Å². The molecule has 25 heavy (non-hydrogen) atoms. The molecular weight excluding hydrogens is 334 g/mol. The fourth-order valence-corrected chi connectivity index (χ4v) is 5.77. The minimum absolute atomic E-state index is 0.342. The van der Waals surface area contributed by atoms with Gasteiger partial charge in [0.15, 0.2) is 0 Å². The second-order valence-electron chi connectivity index (χ2n) is 8.35. The van der Waals surface area contributed by atoms with Crippen LogP contribution in [0.15, 0.2) is 30.7 Å². The van der Waals surface area contributed by atoms with Crippen molar-refractivity contribution in [1.82, 2.24) is 9.55 Å². The Bertz CT molecular complexity index is 758. The number of halogens is 1. The lowest BCUT2D eigenvalue weighted by Crippen LogP contribution is -2.74. The number of benzene rings is 1. The van der Waals surface area contributed by atoms with Crippen LogP contribution in [-0.2, 0) is 12.0 Å². The highest BCUT2D eigenvalue weighted by Gasteiger charge is 2.51. The number of nitrogens with zero attached hydrogens (tertiary/aromatic N) is 2. The van der Waals surface area contributed by atoms with Crippen molar-refractivity contribution in [3.63, 3.8) is 0 Å². The van der Waals surface area contributed by atoms with E-state index in [1.54, 1.807) is 6.33 Å². The van der Waals surface area contributed by atoms with Gasteiger partial charge in [-0.1, -0.05) is 37.6 Å². The average Bonchev–Trinajstić information content (AvgIpc) is 3.21. The lowest BCUT2D eigenvalue weighted by molar-refractivity contribution is -0.828. The van der Waals surface area contributed by atoms with Crippen LogP contribution < -0.4 is 5.48 Å². The highest BCUT2D eigenvalue weighted by atomic mass is 35.5. The van der Waals surface area contributed by atoms with Gasteiger partial charge in [0.25, 0.3) is 5.82 Å². The van der Waals surface area contributed by atoms with Gasteiger partial charge in [-0.25, -0.2) is 5.21 Å². The summed E-state index contributed by atoms with van der Waals surface area (Å²) in [6.45, 7) is 5.47. The first-order valence-electron chi connectivity index (χ1n) is 9.28. The number of aromatic nitrogens is 2. The third-order valence-electron chi connectivity index (χ3n) is 6.35. The molecule has 2 fully saturated rings. The number of hydrogen-bond acceptors (Lipinski definition) is 2. The molecular formula is C20H27ClN3O+. The summed E-state index contributed by atoms with van der Waals surface area (Å²) in [5.41, 5.74) is 3.89. The average molecular weight is 361 g/mol. The second-order valence-corrected chi connectivity index (χ2v) is 8.76. The molecule has 0 amide bonds. The van der Waals surface area contributed by atoms with E-state index in [4.69, 9.17) is 16.8 Å². The molecule has 0 aliphatic heterocycles. The largest absolute Gasteiger partial charge is 0.327 e. The van der Waals surface area contributed by atoms with Gasteiger partial charge in [-0.3, -0.25) is 0 Å². The quantitative estimate of drug-likeness (QED) is 0.813. The Balaban J connectivity index is 1.61. The number of hydrogen-bond donors (Lipinski definition) is 2. The van der Waals surface area contributed by atoms with E-state index in [1.165, 1.54) is 31.2 Å². The summed E-state index contributed by atoms with van der Waals surface area (Å²) in [6, 6.07) is 6.70. The van der Waals surface area contributed by atoms with Crippen molar-refractivity contribution in [3.05, 3.63) is 46.9 Å². The lowest BCUT2D eigenvalue weighted by Gasteiger charge is -2.31. The summed E-state index contributed by atoms with van der Waals surface area (Å²) < 4.78 is 1.94. The van der Waals surface area contributed by atoms with Crippen molar-refractivity contribution in [3.8, 4) is 0 Å². The summed E-state index contributed by atoms with van der Waals surface area (Å²) in [4.78, 5) is 4.11. The number of rotatable bonds is 4. The molecule has 2 saturated carbocycles. The molecule has 5 heteroatoms. The van der Waals surface area contributed by atoms with E-state index in [0.29, 0.717) is 17.8 Å². The van der Waals surface area contributed by atoms with Crippen LogP contribution in [-0.4, -0.2) is 14.8 Å². The molecule has 134 valence electrons. The molecule has 2 aliphatic carbocycles. The summed E-state index contributed by atoms with van der Waals surface area (Å²) in [5, 5.41) is 9.87. The Morgan fingerprint density at radius 2 is 2.00 bits per heavy atom. The van der Waals surface area contributed by atoms with Gasteiger partial charge in [-0.15, -0.1) is 0 Å². The van der Waals surface area contributed by atoms with Gasteiger partial charge in [0.05, 0.1) is 12.7 Å². The Hall–Kier alpha value is -1.36. The molecule has 1 aromatic heterocycles. The number of imidazole rings is 1. The summed E-state index contributed by atoms with van der Waals surface area (Å²) >= 11 is 6.67. The molecule has 1 heterocycles. The Labute approximate surface area is 154 Å². The van der Waals surface area contributed by atoms with Crippen molar-refractivity contribution in [2.45, 2.75) is 51.5 Å². The summed E-state index contributed by atoms with van der Waals surface area (Å²) in [6.07, 6.45) is 8.86. The predicted octanol–water partition coefficient (Wildman–Crippen LogP) is 3.88. The molecule has 0 radical (unpaired) electrons. The first-order valence-corrected chi connectivity index (χ1v) is 9.66. The Kier molecular flexibility index (Phi) is 4.38. The maximum atomic E-state index is 9.03. The molecule has 1 aromatic carbocycles. The number of nitrogens with two attached hydrogens (primary N) is 1. The van der Waals surface area contributed by atoms with Gasteiger partial charge in [0, 0.05) is 5.02 Å². The zero-order chi connectivity index (χ0) is 17.6. The molecule has 4 rings (SSSR count). The van der Waals surface area contributed by atoms with Crippen molar-refractivity contribution in [1.29, 1.82) is 0 Å². The third kappa shape index (κ3) is 3.01. The maximum absolute atomic E-state index is 9.03. The highest BCUT2D eigenvalue weighted by Crippen LogP contribution is 2.59. The SMILES string of the molecule is CC1CC2CC(C)CC2(c2ccc(Cn3cnc([NH2+]O)c3)c(Cl)c2)C1. The van der Waals surface area contributed by atoms with Crippen LogP contribution in [0.4, 0.5) is 5.82 Å². The van der Waals surface area contributed by atoms with Crippen LogP contribution in [0.2, 0.25) is 5.02 Å². The molecule has 0 saturated heterocycles. The van der Waals surface area contributed by atoms with Crippen molar-refractivity contribution in [2.75, 3.05) is 0 Å².